The van der Waals surface area contributed by atoms with Gasteiger partial charge < -0.3 is 5.11 Å². The van der Waals surface area contributed by atoms with Crippen LogP contribution < -0.4 is 0 Å². The van der Waals surface area contributed by atoms with Crippen molar-refractivity contribution in [3.05, 3.63) is 11.6 Å². The Balaban J connectivity index is 1.67. The molecule has 2 nitrogen and oxygen atoms in total. The summed E-state index contributed by atoms with van der Waals surface area (Å²) in [5.41, 5.74) is 2.12. The van der Waals surface area contributed by atoms with Crippen molar-refractivity contribution >= 4 is 5.78 Å². The monoisotopic (exact) mass is 302 g/mol. The van der Waals surface area contributed by atoms with Gasteiger partial charge in [0.2, 0.25) is 0 Å². The van der Waals surface area contributed by atoms with Gasteiger partial charge in [0.05, 0.1) is 0 Å². The number of carbonyl (C=O) groups excluding carboxylic acids is 1. The topological polar surface area (TPSA) is 37.3 Å². The summed E-state index contributed by atoms with van der Waals surface area (Å²) in [5, 5.41) is 9.79. The lowest BCUT2D eigenvalue weighted by Crippen LogP contribution is -2.50. The summed E-state index contributed by atoms with van der Waals surface area (Å²) >= 11 is 0. The van der Waals surface area contributed by atoms with Crippen LogP contribution in [0.2, 0.25) is 0 Å². The fourth-order valence-electron chi connectivity index (χ4n) is 6.97. The summed E-state index contributed by atoms with van der Waals surface area (Å²) in [7, 11) is 0. The Morgan fingerprint density at radius 3 is 2.68 bits per heavy atom. The Morgan fingerprint density at radius 2 is 1.91 bits per heavy atom. The van der Waals surface area contributed by atoms with Crippen molar-refractivity contribution in [3.63, 3.8) is 0 Å². The zero-order chi connectivity index (χ0) is 15.5. The molecule has 22 heavy (non-hydrogen) atoms. The van der Waals surface area contributed by atoms with E-state index in [9.17, 15) is 9.90 Å². The summed E-state index contributed by atoms with van der Waals surface area (Å²) in [6, 6.07) is 0. The molecule has 6 atom stereocenters. The van der Waals surface area contributed by atoms with Gasteiger partial charge in [0.15, 0.2) is 5.78 Å². The normalized spacial score (nSPS) is 50.9. The zero-order valence-corrected chi connectivity index (χ0v) is 14.1. The number of hydrogen-bond donors (Lipinski definition) is 1. The van der Waals surface area contributed by atoms with E-state index in [1.165, 1.54) is 37.7 Å². The van der Waals surface area contributed by atoms with Crippen molar-refractivity contribution in [1.82, 2.24) is 0 Å². The van der Waals surface area contributed by atoms with Crippen molar-refractivity contribution < 1.29 is 9.90 Å². The first-order valence-corrected chi connectivity index (χ1v) is 9.34. The lowest BCUT2D eigenvalue weighted by molar-refractivity contribution is -0.117. The number of rotatable bonds is 1. The van der Waals surface area contributed by atoms with E-state index >= 15 is 0 Å². The summed E-state index contributed by atoms with van der Waals surface area (Å²) in [4.78, 5) is 11.8. The van der Waals surface area contributed by atoms with Crippen LogP contribution in [0.3, 0.4) is 0 Å². The van der Waals surface area contributed by atoms with Crippen LogP contribution in [0.25, 0.3) is 0 Å². The second-order valence-electron chi connectivity index (χ2n) is 8.97. The predicted molar refractivity (Wildman–Crippen MR) is 87.3 cm³/mol. The molecule has 4 aliphatic carbocycles. The van der Waals surface area contributed by atoms with Gasteiger partial charge in [0.25, 0.3) is 0 Å². The highest BCUT2D eigenvalue weighted by Crippen LogP contribution is 2.66. The minimum absolute atomic E-state index is 0.287. The maximum absolute atomic E-state index is 11.8. The highest BCUT2D eigenvalue weighted by molar-refractivity contribution is 5.91. The third-order valence-corrected chi connectivity index (χ3v) is 8.38. The van der Waals surface area contributed by atoms with Crippen LogP contribution in [0.15, 0.2) is 11.6 Å². The average molecular weight is 302 g/mol. The van der Waals surface area contributed by atoms with E-state index in [0.29, 0.717) is 23.7 Å². The number of aliphatic hydroxyl groups excluding tert-OH is 1. The molecule has 0 amide bonds. The van der Waals surface area contributed by atoms with Crippen molar-refractivity contribution in [1.29, 1.82) is 0 Å². The van der Waals surface area contributed by atoms with Gasteiger partial charge >= 0.3 is 0 Å². The molecule has 0 aromatic rings. The molecule has 0 heterocycles. The lowest BCUT2D eigenvalue weighted by Gasteiger charge is -2.58. The molecule has 0 aromatic heterocycles. The smallest absolute Gasteiger partial charge is 0.155 e. The van der Waals surface area contributed by atoms with Crippen molar-refractivity contribution in [3.8, 4) is 0 Å². The first kappa shape index (κ1) is 14.9. The molecular formula is C20H30O2. The van der Waals surface area contributed by atoms with Gasteiger partial charge in [-0.1, -0.05) is 19.4 Å². The Kier molecular flexibility index (Phi) is 3.35. The van der Waals surface area contributed by atoms with E-state index in [0.717, 1.165) is 37.0 Å². The molecule has 4 rings (SSSR count). The largest absolute Gasteiger partial charge is 0.396 e. The van der Waals surface area contributed by atoms with E-state index in [-0.39, 0.29) is 5.41 Å². The van der Waals surface area contributed by atoms with Crippen LogP contribution in [0, 0.1) is 34.5 Å². The van der Waals surface area contributed by atoms with Crippen molar-refractivity contribution in [2.24, 2.45) is 34.5 Å². The maximum atomic E-state index is 11.8. The molecule has 0 aliphatic heterocycles. The molecule has 0 aromatic carbocycles. The third-order valence-electron chi connectivity index (χ3n) is 8.38. The molecule has 1 N–H and O–H groups in total. The Hall–Kier alpha value is -0.630. The molecular weight excluding hydrogens is 272 g/mol. The van der Waals surface area contributed by atoms with Crippen LogP contribution >= 0.6 is 0 Å². The van der Waals surface area contributed by atoms with Crippen molar-refractivity contribution in [2.75, 3.05) is 6.61 Å². The number of aliphatic hydroxyl groups is 1. The first-order valence-electron chi connectivity index (χ1n) is 9.34. The Morgan fingerprint density at radius 1 is 1.09 bits per heavy atom. The highest BCUT2D eigenvalue weighted by Gasteiger charge is 2.58. The van der Waals surface area contributed by atoms with E-state index in [4.69, 9.17) is 0 Å². The zero-order valence-electron chi connectivity index (χ0n) is 14.1. The van der Waals surface area contributed by atoms with Crippen molar-refractivity contribution in [2.45, 2.75) is 65.2 Å². The molecule has 0 spiro atoms. The number of allylic oxidation sites excluding steroid dienone is 1. The van der Waals surface area contributed by atoms with Gasteiger partial charge in [-0.2, -0.15) is 0 Å². The van der Waals surface area contributed by atoms with E-state index in [2.05, 4.69) is 13.8 Å². The quantitative estimate of drug-likeness (QED) is 0.791. The molecule has 0 saturated heterocycles. The minimum Gasteiger partial charge on any atom is -0.396 e. The highest BCUT2D eigenvalue weighted by atomic mass is 16.3. The molecule has 0 bridgehead atoms. The number of fused-ring (bicyclic) bond motifs is 5. The van der Waals surface area contributed by atoms with E-state index < -0.39 is 0 Å². The molecule has 122 valence electrons. The Bertz CT molecular complexity index is 522. The summed E-state index contributed by atoms with van der Waals surface area (Å²) in [6.45, 7) is 5.28. The van der Waals surface area contributed by atoms with Gasteiger partial charge in [-0.15, -0.1) is 0 Å². The summed E-state index contributed by atoms with van der Waals surface area (Å²) in [5.74, 6) is 3.28. The van der Waals surface area contributed by atoms with Crippen LogP contribution in [0.1, 0.15) is 65.2 Å². The van der Waals surface area contributed by atoms with Crippen LogP contribution in [0.4, 0.5) is 0 Å². The lowest BCUT2D eigenvalue weighted by atomic mass is 9.47. The molecule has 4 aliphatic rings. The molecule has 3 saturated carbocycles. The summed E-state index contributed by atoms with van der Waals surface area (Å²) in [6.07, 6.45) is 11.4. The third kappa shape index (κ3) is 1.85. The van der Waals surface area contributed by atoms with E-state index in [1.807, 2.05) is 6.08 Å². The number of carbonyl (C=O) groups is 1. The molecule has 3 fully saturated rings. The van der Waals surface area contributed by atoms with Crippen LogP contribution in [-0.2, 0) is 4.79 Å². The first-order chi connectivity index (χ1) is 10.5. The molecule has 0 unspecified atom stereocenters. The van der Waals surface area contributed by atoms with E-state index in [1.54, 1.807) is 0 Å². The standard InChI is InChI=1S/C20H30O2/c1-19-9-7-15(22)11-13(19)3-5-16-17-6-4-14(12-21)20(17,2)10-8-18(16)19/h11,14,16-18,21H,3-10,12H2,1-2H3/t14-,16+,17+,18+,19-,20+/m0/s1. The second-order valence-corrected chi connectivity index (χ2v) is 8.97. The fraction of sp³-hybridized carbons (Fsp3) is 0.850. The minimum atomic E-state index is 0.287. The maximum Gasteiger partial charge on any atom is 0.155 e. The second kappa shape index (κ2) is 4.93. The number of ketones is 1. The fourth-order valence-corrected chi connectivity index (χ4v) is 6.97. The molecule has 2 heteroatoms. The molecule has 0 radical (unpaired) electrons. The van der Waals surface area contributed by atoms with Gasteiger partial charge in [-0.25, -0.2) is 0 Å². The Labute approximate surface area is 134 Å². The van der Waals surface area contributed by atoms with Gasteiger partial charge in [-0.05, 0) is 85.5 Å². The average Bonchev–Trinajstić information content (AvgIpc) is 2.84. The van der Waals surface area contributed by atoms with Crippen LogP contribution in [0.5, 0.6) is 0 Å². The number of hydrogen-bond acceptors (Lipinski definition) is 2. The van der Waals surface area contributed by atoms with Gasteiger partial charge in [0, 0.05) is 13.0 Å². The van der Waals surface area contributed by atoms with Crippen LogP contribution in [-0.4, -0.2) is 17.5 Å². The van der Waals surface area contributed by atoms with Gasteiger partial charge in [0.1, 0.15) is 0 Å². The van der Waals surface area contributed by atoms with Gasteiger partial charge in [-0.3, -0.25) is 4.79 Å². The SMILES string of the molecule is C[C@]12CC[C@@H]3[C@H](CCC4=CC(=O)CC[C@@]43C)[C@H]1CC[C@H]2CO. The summed E-state index contributed by atoms with van der Waals surface area (Å²) < 4.78 is 0. The predicted octanol–water partition coefficient (Wildman–Crippen LogP) is 4.13.